The lowest BCUT2D eigenvalue weighted by Crippen LogP contribution is -2.29. The number of hydrogen-bond acceptors (Lipinski definition) is 3. The van der Waals surface area contributed by atoms with Crippen LogP contribution in [0.25, 0.3) is 0 Å². The van der Waals surface area contributed by atoms with Gasteiger partial charge in [-0.15, -0.1) is 0 Å². The summed E-state index contributed by atoms with van der Waals surface area (Å²) in [5, 5.41) is 5.13. The number of amides is 2. The molecule has 15 heavy (non-hydrogen) atoms. The molecule has 0 unspecified atom stereocenters. The van der Waals surface area contributed by atoms with Gasteiger partial charge in [-0.2, -0.15) is 0 Å². The van der Waals surface area contributed by atoms with E-state index in [9.17, 15) is 9.59 Å². The average Bonchev–Trinajstić information content (AvgIpc) is 2.24. The Bertz CT molecular complexity index is 195. The average molecular weight is 216 g/mol. The van der Waals surface area contributed by atoms with Crippen molar-refractivity contribution in [3.05, 3.63) is 0 Å². The lowest BCUT2D eigenvalue weighted by molar-refractivity contribution is -0.122. The quantitative estimate of drug-likeness (QED) is 0.564. The number of carbonyl (C=O) groups excluding carboxylic acids is 2. The zero-order valence-electron chi connectivity index (χ0n) is 9.47. The van der Waals surface area contributed by atoms with E-state index in [1.165, 1.54) is 0 Å². The molecule has 0 spiro atoms. The molecule has 0 bridgehead atoms. The van der Waals surface area contributed by atoms with Gasteiger partial charge in [0.25, 0.3) is 0 Å². The van der Waals surface area contributed by atoms with Crippen molar-refractivity contribution in [2.75, 3.05) is 26.8 Å². The molecule has 2 N–H and O–H groups in total. The van der Waals surface area contributed by atoms with Crippen molar-refractivity contribution in [1.29, 1.82) is 0 Å². The summed E-state index contributed by atoms with van der Waals surface area (Å²) < 4.78 is 5.16. The standard InChI is InChI=1S/C10H20N2O3/c1-3-7-15-8-5-10(14)12-6-4-9(13)11-2/h3-8H2,1-2H3,(H,11,13)(H,12,14). The molecular formula is C10H20N2O3. The summed E-state index contributed by atoms with van der Waals surface area (Å²) >= 11 is 0. The first-order valence-electron chi connectivity index (χ1n) is 5.25. The summed E-state index contributed by atoms with van der Waals surface area (Å²) in [6.07, 6.45) is 1.63. The van der Waals surface area contributed by atoms with Gasteiger partial charge in [0, 0.05) is 33.0 Å². The van der Waals surface area contributed by atoms with Crippen molar-refractivity contribution >= 4 is 11.8 Å². The second kappa shape index (κ2) is 9.45. The highest BCUT2D eigenvalue weighted by Crippen LogP contribution is 1.86. The van der Waals surface area contributed by atoms with Crippen LogP contribution in [0.15, 0.2) is 0 Å². The molecule has 0 fully saturated rings. The molecule has 0 heterocycles. The summed E-state index contributed by atoms with van der Waals surface area (Å²) in [7, 11) is 1.57. The van der Waals surface area contributed by atoms with Crippen LogP contribution in [0.1, 0.15) is 26.2 Å². The van der Waals surface area contributed by atoms with E-state index in [1.807, 2.05) is 6.92 Å². The lowest BCUT2D eigenvalue weighted by Gasteiger charge is -2.04. The molecule has 2 amide bonds. The maximum Gasteiger partial charge on any atom is 0.222 e. The zero-order valence-corrected chi connectivity index (χ0v) is 9.47. The molecule has 0 aromatic carbocycles. The minimum absolute atomic E-state index is 0.0717. The first kappa shape index (κ1) is 13.9. The molecule has 0 aliphatic rings. The fraction of sp³-hybridized carbons (Fsp3) is 0.800. The SMILES string of the molecule is CCCOCCC(=O)NCCC(=O)NC. The van der Waals surface area contributed by atoms with E-state index in [1.54, 1.807) is 7.05 Å². The first-order chi connectivity index (χ1) is 7.20. The van der Waals surface area contributed by atoms with Crippen molar-refractivity contribution < 1.29 is 14.3 Å². The number of nitrogens with one attached hydrogen (secondary N) is 2. The molecule has 0 rings (SSSR count). The van der Waals surface area contributed by atoms with Gasteiger partial charge in [0.05, 0.1) is 6.61 Å². The van der Waals surface area contributed by atoms with E-state index < -0.39 is 0 Å². The number of ether oxygens (including phenoxy) is 1. The summed E-state index contributed by atoms with van der Waals surface area (Å²) in [5.74, 6) is -0.146. The summed E-state index contributed by atoms with van der Waals surface area (Å²) in [6, 6.07) is 0. The molecule has 88 valence electrons. The van der Waals surface area contributed by atoms with E-state index in [-0.39, 0.29) is 11.8 Å². The molecule has 5 heteroatoms. The highest BCUT2D eigenvalue weighted by molar-refractivity contribution is 5.78. The van der Waals surface area contributed by atoms with Gasteiger partial charge in [-0.1, -0.05) is 6.92 Å². The Morgan fingerprint density at radius 3 is 2.47 bits per heavy atom. The largest absolute Gasteiger partial charge is 0.381 e. The molecule has 0 aliphatic heterocycles. The fourth-order valence-electron chi connectivity index (χ4n) is 0.940. The monoisotopic (exact) mass is 216 g/mol. The van der Waals surface area contributed by atoms with Gasteiger partial charge < -0.3 is 15.4 Å². The number of rotatable bonds is 8. The van der Waals surface area contributed by atoms with Gasteiger partial charge in [-0.3, -0.25) is 9.59 Å². The van der Waals surface area contributed by atoms with E-state index in [4.69, 9.17) is 4.74 Å². The molecule has 0 atom stereocenters. The van der Waals surface area contributed by atoms with Gasteiger partial charge in [0.15, 0.2) is 0 Å². The van der Waals surface area contributed by atoms with Crippen LogP contribution < -0.4 is 10.6 Å². The Morgan fingerprint density at radius 1 is 1.13 bits per heavy atom. The summed E-state index contributed by atoms with van der Waals surface area (Å²) in [6.45, 7) is 3.53. The topological polar surface area (TPSA) is 67.4 Å². The third-order valence-electron chi connectivity index (χ3n) is 1.77. The van der Waals surface area contributed by atoms with Crippen LogP contribution in [0, 0.1) is 0 Å². The molecule has 0 aromatic heterocycles. The second-order valence-corrected chi connectivity index (χ2v) is 3.14. The maximum atomic E-state index is 11.2. The van der Waals surface area contributed by atoms with Crippen LogP contribution in [-0.2, 0) is 14.3 Å². The predicted molar refractivity (Wildman–Crippen MR) is 57.4 cm³/mol. The highest BCUT2D eigenvalue weighted by Gasteiger charge is 2.02. The fourth-order valence-corrected chi connectivity index (χ4v) is 0.940. The van der Waals surface area contributed by atoms with E-state index in [0.717, 1.165) is 6.42 Å². The third kappa shape index (κ3) is 9.21. The lowest BCUT2D eigenvalue weighted by atomic mass is 10.3. The molecule has 0 aromatic rings. The first-order valence-corrected chi connectivity index (χ1v) is 5.25. The van der Waals surface area contributed by atoms with Crippen molar-refractivity contribution in [2.24, 2.45) is 0 Å². The Balaban J connectivity index is 3.29. The molecule has 5 nitrogen and oxygen atoms in total. The molecule has 0 radical (unpaired) electrons. The highest BCUT2D eigenvalue weighted by atomic mass is 16.5. The van der Waals surface area contributed by atoms with Gasteiger partial charge in [0.1, 0.15) is 0 Å². The van der Waals surface area contributed by atoms with Gasteiger partial charge >= 0.3 is 0 Å². The summed E-state index contributed by atoms with van der Waals surface area (Å²) in [4.78, 5) is 22.0. The van der Waals surface area contributed by atoms with E-state index in [2.05, 4.69) is 10.6 Å². The van der Waals surface area contributed by atoms with Crippen LogP contribution in [-0.4, -0.2) is 38.6 Å². The molecular weight excluding hydrogens is 196 g/mol. The van der Waals surface area contributed by atoms with Crippen molar-refractivity contribution in [1.82, 2.24) is 10.6 Å². The van der Waals surface area contributed by atoms with Crippen LogP contribution in [0.4, 0.5) is 0 Å². The normalized spacial score (nSPS) is 9.73. The minimum atomic E-state index is -0.0741. The van der Waals surface area contributed by atoms with Crippen LogP contribution in [0.5, 0.6) is 0 Å². The molecule has 0 saturated carbocycles. The minimum Gasteiger partial charge on any atom is -0.381 e. The second-order valence-electron chi connectivity index (χ2n) is 3.14. The maximum absolute atomic E-state index is 11.2. The Hall–Kier alpha value is -1.10. The summed E-state index contributed by atoms with van der Waals surface area (Å²) in [5.41, 5.74) is 0. The molecule has 0 saturated heterocycles. The van der Waals surface area contributed by atoms with E-state index >= 15 is 0 Å². The van der Waals surface area contributed by atoms with E-state index in [0.29, 0.717) is 32.6 Å². The zero-order chi connectivity index (χ0) is 11.5. The third-order valence-corrected chi connectivity index (χ3v) is 1.77. The van der Waals surface area contributed by atoms with Crippen molar-refractivity contribution in [2.45, 2.75) is 26.2 Å². The van der Waals surface area contributed by atoms with Gasteiger partial charge in [-0.05, 0) is 6.42 Å². The van der Waals surface area contributed by atoms with Crippen molar-refractivity contribution in [3.63, 3.8) is 0 Å². The Labute approximate surface area is 90.6 Å². The van der Waals surface area contributed by atoms with Crippen LogP contribution in [0.3, 0.4) is 0 Å². The Morgan fingerprint density at radius 2 is 1.87 bits per heavy atom. The predicted octanol–water partition coefficient (Wildman–Crippen LogP) is 0.0554. The van der Waals surface area contributed by atoms with Gasteiger partial charge in [0.2, 0.25) is 11.8 Å². The van der Waals surface area contributed by atoms with Crippen molar-refractivity contribution in [3.8, 4) is 0 Å². The number of carbonyl (C=O) groups is 2. The van der Waals surface area contributed by atoms with Crippen LogP contribution in [0.2, 0.25) is 0 Å². The smallest absolute Gasteiger partial charge is 0.222 e. The van der Waals surface area contributed by atoms with Crippen LogP contribution >= 0.6 is 0 Å². The van der Waals surface area contributed by atoms with Gasteiger partial charge in [-0.25, -0.2) is 0 Å². The number of hydrogen-bond donors (Lipinski definition) is 2. The molecule has 0 aliphatic carbocycles. The Kier molecular flexibility index (Phi) is 8.76.